The lowest BCUT2D eigenvalue weighted by Crippen LogP contribution is -2.10. The number of hydrogen-bond acceptors (Lipinski definition) is 4. The molecule has 0 unspecified atom stereocenters. The highest BCUT2D eigenvalue weighted by molar-refractivity contribution is 5.89. The van der Waals surface area contributed by atoms with Crippen molar-refractivity contribution in [1.29, 1.82) is 0 Å². The first-order valence-electron chi connectivity index (χ1n) is 11.7. The van der Waals surface area contributed by atoms with Crippen molar-refractivity contribution in [3.63, 3.8) is 0 Å². The summed E-state index contributed by atoms with van der Waals surface area (Å²) in [7, 11) is 0. The molecule has 0 aliphatic heterocycles. The van der Waals surface area contributed by atoms with E-state index < -0.39 is 0 Å². The van der Waals surface area contributed by atoms with Gasteiger partial charge in [0.15, 0.2) is 0 Å². The Kier molecular flexibility index (Phi) is 11.6. The summed E-state index contributed by atoms with van der Waals surface area (Å²) in [6.07, 6.45) is 9.83. The minimum atomic E-state index is -0.264. The maximum Gasteiger partial charge on any atom is 0.338 e. The van der Waals surface area contributed by atoms with Crippen LogP contribution in [0.3, 0.4) is 0 Å². The molecular formula is C27H38O4. The zero-order chi connectivity index (χ0) is 22.3. The van der Waals surface area contributed by atoms with E-state index in [2.05, 4.69) is 6.92 Å². The highest BCUT2D eigenvalue weighted by Crippen LogP contribution is 2.20. The van der Waals surface area contributed by atoms with Crippen molar-refractivity contribution in [2.45, 2.75) is 72.1 Å². The summed E-state index contributed by atoms with van der Waals surface area (Å²) in [5.74, 6) is 1.33. The maximum atomic E-state index is 12.3. The van der Waals surface area contributed by atoms with Gasteiger partial charge in [-0.1, -0.05) is 69.6 Å². The van der Waals surface area contributed by atoms with Gasteiger partial charge in [0, 0.05) is 0 Å². The molecule has 0 aromatic heterocycles. The first-order valence-corrected chi connectivity index (χ1v) is 11.7. The van der Waals surface area contributed by atoms with Crippen LogP contribution in [0.5, 0.6) is 11.5 Å². The lowest BCUT2D eigenvalue weighted by Gasteiger charge is -2.12. The van der Waals surface area contributed by atoms with Gasteiger partial charge >= 0.3 is 5.97 Å². The zero-order valence-electron chi connectivity index (χ0n) is 19.5. The van der Waals surface area contributed by atoms with E-state index in [0.29, 0.717) is 25.4 Å². The smallest absolute Gasteiger partial charge is 0.338 e. The molecule has 0 aliphatic rings. The Morgan fingerprint density at radius 2 is 1.39 bits per heavy atom. The fourth-order valence-corrected chi connectivity index (χ4v) is 3.37. The molecule has 4 nitrogen and oxygen atoms in total. The maximum absolute atomic E-state index is 12.3. The standard InChI is InChI=1S/C27H38O4/c1-4-5-6-7-8-9-10-11-18-31-27(28)24-14-17-26(23(3)21-24)30-20-19-29-25-15-12-22(2)13-16-25/h12-17,21H,4-11,18-20H2,1-3H3. The van der Waals surface area contributed by atoms with Crippen molar-refractivity contribution in [3.05, 3.63) is 59.2 Å². The Bertz CT molecular complexity index is 767. The second-order valence-electron chi connectivity index (χ2n) is 8.10. The molecule has 0 amide bonds. The van der Waals surface area contributed by atoms with Crippen molar-refractivity contribution >= 4 is 5.97 Å². The Hall–Kier alpha value is -2.49. The van der Waals surface area contributed by atoms with Crippen LogP contribution in [0.4, 0.5) is 0 Å². The second kappa shape index (κ2) is 14.5. The number of aryl methyl sites for hydroxylation is 2. The van der Waals surface area contributed by atoms with E-state index in [0.717, 1.165) is 29.9 Å². The predicted molar refractivity (Wildman–Crippen MR) is 126 cm³/mol. The van der Waals surface area contributed by atoms with Gasteiger partial charge in [0.05, 0.1) is 12.2 Å². The van der Waals surface area contributed by atoms with Crippen LogP contribution in [0.1, 0.15) is 79.8 Å². The van der Waals surface area contributed by atoms with Crippen molar-refractivity contribution in [3.8, 4) is 11.5 Å². The van der Waals surface area contributed by atoms with Crippen molar-refractivity contribution < 1.29 is 19.0 Å². The fourth-order valence-electron chi connectivity index (χ4n) is 3.37. The lowest BCUT2D eigenvalue weighted by molar-refractivity contribution is 0.0497. The molecule has 2 aromatic rings. The molecule has 0 saturated carbocycles. The molecule has 0 radical (unpaired) electrons. The number of benzene rings is 2. The third-order valence-electron chi connectivity index (χ3n) is 5.27. The first-order chi connectivity index (χ1) is 15.1. The van der Waals surface area contributed by atoms with Crippen LogP contribution < -0.4 is 9.47 Å². The monoisotopic (exact) mass is 426 g/mol. The van der Waals surface area contributed by atoms with Crippen molar-refractivity contribution in [2.75, 3.05) is 19.8 Å². The Morgan fingerprint density at radius 1 is 0.742 bits per heavy atom. The Balaban J connectivity index is 1.62. The molecule has 0 spiro atoms. The topological polar surface area (TPSA) is 44.8 Å². The molecule has 170 valence electrons. The fraction of sp³-hybridized carbons (Fsp3) is 0.519. The number of carbonyl (C=O) groups excluding carboxylic acids is 1. The average molecular weight is 427 g/mol. The van der Waals surface area contributed by atoms with Crippen LogP contribution >= 0.6 is 0 Å². The van der Waals surface area contributed by atoms with E-state index in [4.69, 9.17) is 14.2 Å². The molecule has 2 aromatic carbocycles. The number of ether oxygens (including phenoxy) is 3. The first kappa shape index (κ1) is 24.8. The Labute approximate surface area is 187 Å². The molecule has 0 atom stereocenters. The zero-order valence-corrected chi connectivity index (χ0v) is 19.5. The SMILES string of the molecule is CCCCCCCCCCOC(=O)c1ccc(OCCOc2ccc(C)cc2)c(C)c1. The summed E-state index contributed by atoms with van der Waals surface area (Å²) >= 11 is 0. The van der Waals surface area contributed by atoms with E-state index in [1.165, 1.54) is 44.1 Å². The number of esters is 1. The van der Waals surface area contributed by atoms with Crippen molar-refractivity contribution in [1.82, 2.24) is 0 Å². The molecule has 0 fully saturated rings. The summed E-state index contributed by atoms with van der Waals surface area (Å²) in [4.78, 5) is 12.3. The van der Waals surface area contributed by atoms with Crippen LogP contribution in [0, 0.1) is 13.8 Å². The van der Waals surface area contributed by atoms with Gasteiger partial charge in [0.2, 0.25) is 0 Å². The summed E-state index contributed by atoms with van der Waals surface area (Å²) in [5, 5.41) is 0. The van der Waals surface area contributed by atoms with Crippen LogP contribution in [0.15, 0.2) is 42.5 Å². The number of carbonyl (C=O) groups is 1. The van der Waals surface area contributed by atoms with Crippen LogP contribution in [-0.2, 0) is 4.74 Å². The van der Waals surface area contributed by atoms with E-state index in [9.17, 15) is 4.79 Å². The quantitative estimate of drug-likeness (QED) is 0.226. The van der Waals surface area contributed by atoms with Gasteiger partial charge in [0.1, 0.15) is 24.7 Å². The third kappa shape index (κ3) is 9.91. The third-order valence-corrected chi connectivity index (χ3v) is 5.27. The number of hydrogen-bond donors (Lipinski definition) is 0. The molecule has 2 rings (SSSR count). The summed E-state index contributed by atoms with van der Waals surface area (Å²) in [6, 6.07) is 13.4. The van der Waals surface area contributed by atoms with Crippen LogP contribution in [0.25, 0.3) is 0 Å². The number of unbranched alkanes of at least 4 members (excludes halogenated alkanes) is 7. The lowest BCUT2D eigenvalue weighted by atomic mass is 10.1. The summed E-state index contributed by atoms with van der Waals surface area (Å²) in [5.41, 5.74) is 2.69. The van der Waals surface area contributed by atoms with Gasteiger partial charge in [0.25, 0.3) is 0 Å². The minimum absolute atomic E-state index is 0.264. The molecule has 0 aliphatic carbocycles. The minimum Gasteiger partial charge on any atom is -0.490 e. The highest BCUT2D eigenvalue weighted by Gasteiger charge is 2.10. The highest BCUT2D eigenvalue weighted by atomic mass is 16.5. The van der Waals surface area contributed by atoms with Gasteiger partial charge in [-0.15, -0.1) is 0 Å². The molecule has 0 N–H and O–H groups in total. The molecule has 31 heavy (non-hydrogen) atoms. The summed E-state index contributed by atoms with van der Waals surface area (Å²) < 4.78 is 16.9. The van der Waals surface area contributed by atoms with Gasteiger partial charge < -0.3 is 14.2 Å². The van der Waals surface area contributed by atoms with Crippen LogP contribution in [0.2, 0.25) is 0 Å². The number of rotatable bonds is 15. The molecular weight excluding hydrogens is 388 g/mol. The van der Waals surface area contributed by atoms with E-state index in [1.54, 1.807) is 6.07 Å². The van der Waals surface area contributed by atoms with Gasteiger partial charge in [-0.05, 0) is 56.2 Å². The largest absolute Gasteiger partial charge is 0.490 e. The molecule has 0 bridgehead atoms. The van der Waals surface area contributed by atoms with Gasteiger partial charge in [-0.3, -0.25) is 0 Å². The van der Waals surface area contributed by atoms with E-state index in [-0.39, 0.29) is 5.97 Å². The van der Waals surface area contributed by atoms with Crippen molar-refractivity contribution in [2.24, 2.45) is 0 Å². The molecule has 0 heterocycles. The van der Waals surface area contributed by atoms with E-state index in [1.807, 2.05) is 50.2 Å². The van der Waals surface area contributed by atoms with Crippen LogP contribution in [-0.4, -0.2) is 25.8 Å². The Morgan fingerprint density at radius 3 is 2.06 bits per heavy atom. The average Bonchev–Trinajstić information content (AvgIpc) is 2.77. The van der Waals surface area contributed by atoms with Gasteiger partial charge in [-0.2, -0.15) is 0 Å². The predicted octanol–water partition coefficient (Wildman–Crippen LogP) is 7.06. The second-order valence-corrected chi connectivity index (χ2v) is 8.10. The summed E-state index contributed by atoms with van der Waals surface area (Å²) in [6.45, 7) is 7.61. The van der Waals surface area contributed by atoms with Gasteiger partial charge in [-0.25, -0.2) is 4.79 Å². The normalized spacial score (nSPS) is 10.7. The van der Waals surface area contributed by atoms with E-state index >= 15 is 0 Å². The molecule has 4 heteroatoms. The molecule has 0 saturated heterocycles.